The third-order valence-corrected chi connectivity index (χ3v) is 6.36. The molecule has 160 valence electrons. The van der Waals surface area contributed by atoms with E-state index in [4.69, 9.17) is 4.74 Å². The summed E-state index contributed by atoms with van der Waals surface area (Å²) in [5, 5.41) is 13.0. The molecular formula is C23H19N5O3S. The number of H-pyrrole nitrogens is 1. The van der Waals surface area contributed by atoms with Crippen LogP contribution in [0.4, 0.5) is 11.5 Å². The van der Waals surface area contributed by atoms with E-state index in [1.807, 2.05) is 24.3 Å². The fourth-order valence-electron chi connectivity index (χ4n) is 3.68. The van der Waals surface area contributed by atoms with Crippen LogP contribution in [0.3, 0.4) is 0 Å². The minimum absolute atomic E-state index is 0.266. The molecular weight excluding hydrogens is 426 g/mol. The van der Waals surface area contributed by atoms with Crippen LogP contribution in [0.2, 0.25) is 0 Å². The van der Waals surface area contributed by atoms with Crippen LogP contribution < -0.4 is 10.1 Å². The molecule has 0 fully saturated rings. The number of aromatic amines is 1. The van der Waals surface area contributed by atoms with Crippen molar-refractivity contribution in [2.75, 3.05) is 18.7 Å². The topological polar surface area (TPSA) is 110 Å². The van der Waals surface area contributed by atoms with Gasteiger partial charge in [0.05, 0.1) is 34.8 Å². The maximum Gasteiger partial charge on any atom is 0.175 e. The summed E-state index contributed by atoms with van der Waals surface area (Å²) in [6.45, 7) is 0. The second-order valence-corrected chi connectivity index (χ2v) is 9.37. The van der Waals surface area contributed by atoms with Crippen molar-refractivity contribution < 1.29 is 13.2 Å². The van der Waals surface area contributed by atoms with E-state index in [-0.39, 0.29) is 4.90 Å². The Balaban J connectivity index is 1.59. The molecule has 9 heteroatoms. The molecule has 3 heterocycles. The first-order chi connectivity index (χ1) is 15.4. The predicted octanol–water partition coefficient (Wildman–Crippen LogP) is 4.33. The lowest BCUT2D eigenvalue weighted by Gasteiger charge is -2.13. The first-order valence-electron chi connectivity index (χ1n) is 9.76. The fraction of sp³-hybridized carbons (Fsp3) is 0.0870. The number of fused-ring (bicyclic) bond motifs is 2. The Morgan fingerprint density at radius 1 is 0.969 bits per heavy atom. The van der Waals surface area contributed by atoms with Crippen LogP contribution in [-0.2, 0) is 9.84 Å². The average Bonchev–Trinajstić information content (AvgIpc) is 3.27. The van der Waals surface area contributed by atoms with E-state index >= 15 is 0 Å². The van der Waals surface area contributed by atoms with Crippen LogP contribution in [0.15, 0.2) is 72.0 Å². The Morgan fingerprint density at radius 2 is 1.78 bits per heavy atom. The summed E-state index contributed by atoms with van der Waals surface area (Å²) in [7, 11) is -1.62. The number of rotatable bonds is 5. The van der Waals surface area contributed by atoms with Gasteiger partial charge in [0.25, 0.3) is 0 Å². The van der Waals surface area contributed by atoms with Gasteiger partial charge in [-0.25, -0.2) is 13.4 Å². The molecule has 0 bridgehead atoms. The van der Waals surface area contributed by atoms with Crippen LogP contribution >= 0.6 is 0 Å². The Bertz CT molecular complexity index is 1560. The molecule has 0 aliphatic carbocycles. The molecule has 0 radical (unpaired) electrons. The van der Waals surface area contributed by atoms with E-state index in [0.717, 1.165) is 38.6 Å². The lowest BCUT2D eigenvalue weighted by Crippen LogP contribution is -1.98. The first-order valence-corrected chi connectivity index (χ1v) is 11.7. The Morgan fingerprint density at radius 3 is 2.53 bits per heavy atom. The van der Waals surface area contributed by atoms with E-state index in [1.165, 1.54) is 6.26 Å². The van der Waals surface area contributed by atoms with E-state index < -0.39 is 9.84 Å². The number of aromatic nitrogens is 4. The van der Waals surface area contributed by atoms with Crippen molar-refractivity contribution in [3.63, 3.8) is 0 Å². The van der Waals surface area contributed by atoms with Crippen LogP contribution in [0.5, 0.6) is 5.75 Å². The largest absolute Gasteiger partial charge is 0.495 e. The summed E-state index contributed by atoms with van der Waals surface area (Å²) in [6, 6.07) is 14.3. The van der Waals surface area contributed by atoms with Crippen LogP contribution in [-0.4, -0.2) is 41.9 Å². The number of nitrogens with one attached hydrogen (secondary N) is 2. The Hall–Kier alpha value is -3.98. The van der Waals surface area contributed by atoms with Crippen LogP contribution in [0.1, 0.15) is 0 Å². The molecule has 2 N–H and O–H groups in total. The van der Waals surface area contributed by atoms with Gasteiger partial charge in [0, 0.05) is 40.7 Å². The van der Waals surface area contributed by atoms with Crippen molar-refractivity contribution in [3.8, 4) is 17.0 Å². The van der Waals surface area contributed by atoms with Gasteiger partial charge in [-0.15, -0.1) is 0 Å². The summed E-state index contributed by atoms with van der Waals surface area (Å²) >= 11 is 0. The number of hydrogen-bond donors (Lipinski definition) is 2. The maximum atomic E-state index is 11.7. The van der Waals surface area contributed by atoms with Gasteiger partial charge >= 0.3 is 0 Å². The number of pyridine rings is 2. The van der Waals surface area contributed by atoms with Crippen molar-refractivity contribution in [2.24, 2.45) is 0 Å². The molecule has 0 aliphatic heterocycles. The molecule has 0 saturated carbocycles. The molecule has 0 amide bonds. The second-order valence-electron chi connectivity index (χ2n) is 7.35. The zero-order valence-corrected chi connectivity index (χ0v) is 18.1. The standard InChI is InChI=1S/C23H19N5O3S/c1-31-23-17(7-8-20-19(23)13-26-28-20)22-18-11-21(25-12-14(18)9-10-24-22)27-15-3-5-16(6-4-15)32(2,29)30/h3-13H,1-2H3,(H,25,27)(H,26,28). The highest BCUT2D eigenvalue weighted by molar-refractivity contribution is 7.90. The predicted molar refractivity (Wildman–Crippen MR) is 124 cm³/mol. The van der Waals surface area contributed by atoms with E-state index in [9.17, 15) is 8.42 Å². The molecule has 3 aromatic heterocycles. The number of anilines is 2. The highest BCUT2D eigenvalue weighted by atomic mass is 32.2. The van der Waals surface area contributed by atoms with Crippen molar-refractivity contribution >= 4 is 43.0 Å². The van der Waals surface area contributed by atoms with Gasteiger partial charge in [-0.3, -0.25) is 10.1 Å². The average molecular weight is 446 g/mol. The SMILES string of the molecule is COc1c(-c2nccc3cnc(Nc4ccc(S(C)(=O)=O)cc4)cc23)ccc2[nH]ncc12. The molecule has 5 aromatic rings. The Kier molecular flexibility index (Phi) is 4.75. The van der Waals surface area contributed by atoms with Crippen molar-refractivity contribution in [1.29, 1.82) is 0 Å². The van der Waals surface area contributed by atoms with Crippen molar-refractivity contribution in [2.45, 2.75) is 4.90 Å². The molecule has 0 saturated heterocycles. The molecule has 5 rings (SSSR count). The van der Waals surface area contributed by atoms with Gasteiger partial charge in [0.1, 0.15) is 11.6 Å². The zero-order chi connectivity index (χ0) is 22.3. The van der Waals surface area contributed by atoms with E-state index in [1.54, 1.807) is 50.0 Å². The third-order valence-electron chi connectivity index (χ3n) is 5.24. The monoisotopic (exact) mass is 445 g/mol. The van der Waals surface area contributed by atoms with Gasteiger partial charge < -0.3 is 10.1 Å². The third kappa shape index (κ3) is 3.52. The zero-order valence-electron chi connectivity index (χ0n) is 17.3. The lowest BCUT2D eigenvalue weighted by molar-refractivity contribution is 0.421. The van der Waals surface area contributed by atoms with Crippen molar-refractivity contribution in [3.05, 3.63) is 67.1 Å². The van der Waals surface area contributed by atoms with Gasteiger partial charge in [-0.05, 0) is 48.5 Å². The van der Waals surface area contributed by atoms with E-state index in [2.05, 4.69) is 25.5 Å². The minimum Gasteiger partial charge on any atom is -0.495 e. The van der Waals surface area contributed by atoms with Gasteiger partial charge in [-0.2, -0.15) is 5.10 Å². The second kappa shape index (κ2) is 7.61. The summed E-state index contributed by atoms with van der Waals surface area (Å²) in [5.74, 6) is 1.31. The maximum absolute atomic E-state index is 11.7. The Labute approximate surface area is 184 Å². The lowest BCUT2D eigenvalue weighted by atomic mass is 10.0. The fourth-order valence-corrected chi connectivity index (χ4v) is 4.31. The number of methoxy groups -OCH3 is 1. The quantitative estimate of drug-likeness (QED) is 0.414. The highest BCUT2D eigenvalue weighted by Crippen LogP contribution is 2.38. The molecule has 8 nitrogen and oxygen atoms in total. The smallest absolute Gasteiger partial charge is 0.175 e. The first kappa shape index (κ1) is 20.0. The number of ether oxygens (including phenoxy) is 1. The summed E-state index contributed by atoms with van der Waals surface area (Å²) in [4.78, 5) is 9.39. The molecule has 2 aromatic carbocycles. The van der Waals surface area contributed by atoms with Crippen LogP contribution in [0.25, 0.3) is 32.9 Å². The molecule has 32 heavy (non-hydrogen) atoms. The molecule has 0 spiro atoms. The normalized spacial score (nSPS) is 11.7. The summed E-state index contributed by atoms with van der Waals surface area (Å²) in [6.07, 6.45) is 6.44. The molecule has 0 unspecified atom stereocenters. The number of benzene rings is 2. The van der Waals surface area contributed by atoms with E-state index in [0.29, 0.717) is 11.6 Å². The number of nitrogens with zero attached hydrogens (tertiary/aromatic N) is 3. The summed E-state index contributed by atoms with van der Waals surface area (Å²) in [5.41, 5.74) is 3.22. The number of hydrogen-bond acceptors (Lipinski definition) is 7. The minimum atomic E-state index is -3.25. The summed E-state index contributed by atoms with van der Waals surface area (Å²) < 4.78 is 29.1. The molecule has 0 aliphatic rings. The van der Waals surface area contributed by atoms with Gasteiger partial charge in [0.15, 0.2) is 9.84 Å². The number of sulfone groups is 1. The van der Waals surface area contributed by atoms with Crippen molar-refractivity contribution in [1.82, 2.24) is 20.2 Å². The van der Waals surface area contributed by atoms with Crippen LogP contribution in [0, 0.1) is 0 Å². The van der Waals surface area contributed by atoms with Gasteiger partial charge in [0.2, 0.25) is 0 Å². The molecule has 0 atom stereocenters. The highest BCUT2D eigenvalue weighted by Gasteiger charge is 2.16. The van der Waals surface area contributed by atoms with Gasteiger partial charge in [-0.1, -0.05) is 0 Å².